The summed E-state index contributed by atoms with van der Waals surface area (Å²) in [4.78, 5) is 23.4. The molecule has 2 aromatic rings. The summed E-state index contributed by atoms with van der Waals surface area (Å²) in [5.41, 5.74) is 4.63. The second-order valence-electron chi connectivity index (χ2n) is 9.70. The Morgan fingerprint density at radius 1 is 1.00 bits per heavy atom. The quantitative estimate of drug-likeness (QED) is 0.429. The van der Waals surface area contributed by atoms with E-state index in [1.165, 1.54) is 29.5 Å². The maximum absolute atomic E-state index is 13.5. The van der Waals surface area contributed by atoms with Gasteiger partial charge in [-0.05, 0) is 42.4 Å². The van der Waals surface area contributed by atoms with Crippen LogP contribution in [0.25, 0.3) is 22.6 Å². The third-order valence-electron chi connectivity index (χ3n) is 7.35. The molecule has 6 nitrogen and oxygen atoms in total. The molecule has 1 atom stereocenters. The standard InChI is InChI=1S/C28H31N5O/c1-2-16-32-27-24(30-25(31-27)20-12-6-7-13-20)26-29-22(18-33(26)28(32)34)17-21-14-8-9-15-23(21)19-10-4-3-5-11-19/h3-5,8-11,14-15,20,22,29H,2,6-7,12-13,16-18H2,1H3. The van der Waals surface area contributed by atoms with E-state index in [9.17, 15) is 4.79 Å². The highest BCUT2D eigenvalue weighted by Gasteiger charge is 2.33. The van der Waals surface area contributed by atoms with E-state index in [0.717, 1.165) is 48.8 Å². The summed E-state index contributed by atoms with van der Waals surface area (Å²) in [5, 5.41) is 3.67. The SMILES string of the molecule is CCCn1c2nc(C3CCCC3)nc-2c2n(c1=O)CC(Cc1ccccc1-c1ccccc1)N2. The summed E-state index contributed by atoms with van der Waals surface area (Å²) >= 11 is 0. The second-order valence-corrected chi connectivity index (χ2v) is 9.70. The molecule has 0 saturated heterocycles. The lowest BCUT2D eigenvalue weighted by Gasteiger charge is -2.14. The predicted molar refractivity (Wildman–Crippen MR) is 135 cm³/mol. The van der Waals surface area contributed by atoms with E-state index < -0.39 is 0 Å². The van der Waals surface area contributed by atoms with Crippen molar-refractivity contribution in [1.82, 2.24) is 19.1 Å². The van der Waals surface area contributed by atoms with E-state index in [-0.39, 0.29) is 11.7 Å². The Hall–Kier alpha value is -3.41. The summed E-state index contributed by atoms with van der Waals surface area (Å²) in [5.74, 6) is 2.93. The van der Waals surface area contributed by atoms with E-state index in [1.807, 2.05) is 15.2 Å². The van der Waals surface area contributed by atoms with Crippen LogP contribution in [0.3, 0.4) is 0 Å². The highest BCUT2D eigenvalue weighted by Crippen LogP contribution is 2.38. The van der Waals surface area contributed by atoms with Crippen LogP contribution < -0.4 is 11.0 Å². The number of hydrogen-bond acceptors (Lipinski definition) is 4. The van der Waals surface area contributed by atoms with Crippen molar-refractivity contribution in [3.8, 4) is 22.6 Å². The van der Waals surface area contributed by atoms with Crippen molar-refractivity contribution in [3.63, 3.8) is 0 Å². The molecule has 34 heavy (non-hydrogen) atoms. The van der Waals surface area contributed by atoms with Crippen molar-refractivity contribution >= 4 is 5.82 Å². The smallest absolute Gasteiger partial charge is 0.331 e. The number of hydrogen-bond donors (Lipinski definition) is 1. The van der Waals surface area contributed by atoms with Crippen molar-refractivity contribution in [2.45, 2.75) is 70.5 Å². The van der Waals surface area contributed by atoms with E-state index in [4.69, 9.17) is 9.97 Å². The van der Waals surface area contributed by atoms with Crippen LogP contribution >= 0.6 is 0 Å². The summed E-state index contributed by atoms with van der Waals surface area (Å²) in [7, 11) is 0. The lowest BCUT2D eigenvalue weighted by Crippen LogP contribution is -2.32. The minimum absolute atomic E-state index is 0.0218. The number of anilines is 1. The number of imidazole rings is 1. The lowest BCUT2D eigenvalue weighted by molar-refractivity contribution is 0.560. The first-order valence-corrected chi connectivity index (χ1v) is 12.6. The Bertz CT molecular complexity index is 1330. The van der Waals surface area contributed by atoms with Gasteiger partial charge in [-0.25, -0.2) is 14.8 Å². The molecule has 1 aliphatic carbocycles. The molecule has 4 aliphatic rings. The monoisotopic (exact) mass is 453 g/mol. The van der Waals surface area contributed by atoms with Gasteiger partial charge in [0, 0.05) is 25.0 Å². The fourth-order valence-corrected chi connectivity index (χ4v) is 5.70. The number of nitrogens with zero attached hydrogens (tertiary/aromatic N) is 4. The van der Waals surface area contributed by atoms with E-state index in [2.05, 4.69) is 60.8 Å². The fourth-order valence-electron chi connectivity index (χ4n) is 5.70. The van der Waals surface area contributed by atoms with Gasteiger partial charge in [0.15, 0.2) is 5.82 Å². The summed E-state index contributed by atoms with van der Waals surface area (Å²) in [6, 6.07) is 19.2. The van der Waals surface area contributed by atoms with Crippen LogP contribution in [0.5, 0.6) is 0 Å². The Morgan fingerprint density at radius 3 is 2.56 bits per heavy atom. The minimum atomic E-state index is 0.0218. The average Bonchev–Trinajstić information content (AvgIpc) is 3.62. The molecule has 1 unspecified atom stereocenters. The van der Waals surface area contributed by atoms with E-state index >= 15 is 0 Å². The second kappa shape index (κ2) is 8.75. The summed E-state index contributed by atoms with van der Waals surface area (Å²) < 4.78 is 3.73. The molecule has 0 spiro atoms. The van der Waals surface area contributed by atoms with Crippen molar-refractivity contribution in [1.29, 1.82) is 0 Å². The molecule has 174 valence electrons. The third kappa shape index (κ3) is 3.61. The molecule has 1 N–H and O–H groups in total. The number of aromatic nitrogens is 4. The molecule has 1 saturated carbocycles. The Morgan fingerprint density at radius 2 is 1.76 bits per heavy atom. The number of rotatable bonds is 6. The van der Waals surface area contributed by atoms with Gasteiger partial charge < -0.3 is 5.32 Å². The van der Waals surface area contributed by atoms with Crippen LogP contribution in [0, 0.1) is 0 Å². The van der Waals surface area contributed by atoms with Gasteiger partial charge in [0.25, 0.3) is 0 Å². The van der Waals surface area contributed by atoms with Gasteiger partial charge in [-0.1, -0.05) is 74.4 Å². The summed E-state index contributed by atoms with van der Waals surface area (Å²) in [6.45, 7) is 3.41. The van der Waals surface area contributed by atoms with Crippen LogP contribution in [0.15, 0.2) is 59.4 Å². The van der Waals surface area contributed by atoms with Gasteiger partial charge in [0.05, 0.1) is 0 Å². The van der Waals surface area contributed by atoms with Crippen LogP contribution in [-0.4, -0.2) is 25.1 Å². The van der Waals surface area contributed by atoms with Gasteiger partial charge in [-0.15, -0.1) is 0 Å². The van der Waals surface area contributed by atoms with Crippen LogP contribution in [0.1, 0.15) is 56.3 Å². The zero-order chi connectivity index (χ0) is 23.1. The summed E-state index contributed by atoms with van der Waals surface area (Å²) in [6.07, 6.45) is 6.51. The van der Waals surface area contributed by atoms with Gasteiger partial charge >= 0.3 is 5.69 Å². The van der Waals surface area contributed by atoms with E-state index in [1.54, 1.807) is 0 Å². The number of benzene rings is 2. The molecular formula is C28H31N5O. The molecule has 3 heterocycles. The van der Waals surface area contributed by atoms with Gasteiger partial charge in [-0.3, -0.25) is 9.13 Å². The Balaban J connectivity index is 1.36. The zero-order valence-electron chi connectivity index (χ0n) is 19.7. The zero-order valence-corrected chi connectivity index (χ0v) is 19.7. The van der Waals surface area contributed by atoms with Gasteiger partial charge in [0.2, 0.25) is 0 Å². The van der Waals surface area contributed by atoms with Gasteiger partial charge in [-0.2, -0.15) is 0 Å². The molecule has 1 fully saturated rings. The van der Waals surface area contributed by atoms with Crippen molar-refractivity contribution in [2.24, 2.45) is 0 Å². The van der Waals surface area contributed by atoms with Crippen molar-refractivity contribution in [3.05, 3.63) is 76.5 Å². The molecule has 2 aromatic carbocycles. The number of fused-ring (bicyclic) bond motifs is 3. The van der Waals surface area contributed by atoms with Crippen LogP contribution in [0.4, 0.5) is 5.82 Å². The Kier molecular flexibility index (Phi) is 5.44. The molecule has 0 bridgehead atoms. The van der Waals surface area contributed by atoms with Crippen LogP contribution in [0.2, 0.25) is 0 Å². The minimum Gasteiger partial charge on any atom is -0.365 e. The first kappa shape index (κ1) is 21.1. The highest BCUT2D eigenvalue weighted by molar-refractivity contribution is 5.71. The topological polar surface area (TPSA) is 64.7 Å². The maximum atomic E-state index is 13.5. The fraction of sp³-hybridized carbons (Fsp3) is 0.393. The van der Waals surface area contributed by atoms with E-state index in [0.29, 0.717) is 19.0 Å². The highest BCUT2D eigenvalue weighted by atomic mass is 16.1. The molecular weight excluding hydrogens is 422 g/mol. The number of nitrogens with one attached hydrogen (secondary N) is 1. The maximum Gasteiger partial charge on any atom is 0.331 e. The van der Waals surface area contributed by atoms with Gasteiger partial charge in [0.1, 0.15) is 17.3 Å². The van der Waals surface area contributed by atoms with Crippen molar-refractivity contribution < 1.29 is 0 Å². The van der Waals surface area contributed by atoms with Crippen molar-refractivity contribution in [2.75, 3.05) is 5.32 Å². The average molecular weight is 454 g/mol. The molecule has 6 heteroatoms. The lowest BCUT2D eigenvalue weighted by atomic mass is 9.95. The first-order chi connectivity index (χ1) is 16.7. The predicted octanol–water partition coefficient (Wildman–Crippen LogP) is 5.32. The largest absolute Gasteiger partial charge is 0.365 e. The molecule has 0 amide bonds. The first-order valence-electron chi connectivity index (χ1n) is 12.6. The molecule has 0 aromatic heterocycles. The molecule has 6 rings (SSSR count). The van der Waals surface area contributed by atoms with Crippen LogP contribution in [-0.2, 0) is 19.5 Å². The Labute approximate surface area is 200 Å². The molecule has 0 radical (unpaired) electrons. The molecule has 3 aliphatic heterocycles. The normalized spacial score (nSPS) is 17.9. The third-order valence-corrected chi connectivity index (χ3v) is 7.35.